The van der Waals surface area contributed by atoms with Gasteiger partial charge in [-0.1, -0.05) is 6.92 Å². The molecule has 0 aromatic heterocycles. The summed E-state index contributed by atoms with van der Waals surface area (Å²) >= 11 is 0. The predicted octanol–water partition coefficient (Wildman–Crippen LogP) is 1.61. The van der Waals surface area contributed by atoms with Gasteiger partial charge in [0.2, 0.25) is 5.91 Å². The van der Waals surface area contributed by atoms with E-state index < -0.39 is 17.7 Å². The summed E-state index contributed by atoms with van der Waals surface area (Å²) in [6.07, 6.45) is 0.798. The first-order chi connectivity index (χ1) is 9.02. The van der Waals surface area contributed by atoms with Crippen molar-refractivity contribution in [3.05, 3.63) is 29.8 Å². The van der Waals surface area contributed by atoms with Gasteiger partial charge in [-0.05, 0) is 18.6 Å². The molecule has 7 heteroatoms. The number of nitrogens with one attached hydrogen (secondary N) is 3. The van der Waals surface area contributed by atoms with Crippen molar-refractivity contribution in [3.8, 4) is 0 Å². The number of anilines is 1. The van der Waals surface area contributed by atoms with Crippen molar-refractivity contribution in [3.63, 3.8) is 0 Å². The minimum atomic E-state index is -1.06. The molecule has 0 spiro atoms. The van der Waals surface area contributed by atoms with Crippen molar-refractivity contribution in [2.75, 3.05) is 18.4 Å². The average molecular weight is 271 g/mol. The maximum atomic E-state index is 12.9. The summed E-state index contributed by atoms with van der Waals surface area (Å²) in [6, 6.07) is 2.30. The highest BCUT2D eigenvalue weighted by atomic mass is 19.2. The second-order valence-electron chi connectivity index (χ2n) is 3.79. The summed E-state index contributed by atoms with van der Waals surface area (Å²) in [6.45, 7) is 2.25. The zero-order valence-electron chi connectivity index (χ0n) is 10.4. The van der Waals surface area contributed by atoms with Crippen molar-refractivity contribution < 1.29 is 18.4 Å². The summed E-state index contributed by atoms with van der Waals surface area (Å²) in [7, 11) is 0. The molecule has 0 aliphatic rings. The van der Waals surface area contributed by atoms with E-state index >= 15 is 0 Å². The van der Waals surface area contributed by atoms with Gasteiger partial charge < -0.3 is 16.0 Å². The number of hydrogen-bond donors (Lipinski definition) is 3. The van der Waals surface area contributed by atoms with E-state index in [0.717, 1.165) is 18.6 Å². The number of halogens is 2. The van der Waals surface area contributed by atoms with Crippen LogP contribution in [0.5, 0.6) is 0 Å². The van der Waals surface area contributed by atoms with Gasteiger partial charge in [-0.2, -0.15) is 0 Å². The van der Waals surface area contributed by atoms with Crippen molar-refractivity contribution in [2.45, 2.75) is 13.3 Å². The zero-order valence-corrected chi connectivity index (χ0v) is 10.4. The lowest BCUT2D eigenvalue weighted by molar-refractivity contribution is -0.120. The molecule has 19 heavy (non-hydrogen) atoms. The molecule has 0 radical (unpaired) electrons. The van der Waals surface area contributed by atoms with Crippen LogP contribution in [0.4, 0.5) is 19.3 Å². The van der Waals surface area contributed by atoms with Crippen LogP contribution in [0.3, 0.4) is 0 Å². The van der Waals surface area contributed by atoms with Crippen molar-refractivity contribution in [2.24, 2.45) is 0 Å². The first kappa shape index (κ1) is 14.9. The third-order valence-electron chi connectivity index (χ3n) is 2.16. The summed E-state index contributed by atoms with van der Waals surface area (Å²) in [4.78, 5) is 22.6. The van der Waals surface area contributed by atoms with Crippen LogP contribution in [-0.2, 0) is 4.79 Å². The van der Waals surface area contributed by atoms with Crippen LogP contribution in [0.15, 0.2) is 18.2 Å². The van der Waals surface area contributed by atoms with Gasteiger partial charge in [-0.15, -0.1) is 0 Å². The molecule has 3 amide bonds. The molecule has 0 unspecified atom stereocenters. The van der Waals surface area contributed by atoms with E-state index in [1.807, 2.05) is 6.92 Å². The van der Waals surface area contributed by atoms with E-state index in [-0.39, 0.29) is 18.1 Å². The van der Waals surface area contributed by atoms with E-state index in [2.05, 4.69) is 16.0 Å². The summed E-state index contributed by atoms with van der Waals surface area (Å²) in [5.74, 6) is -2.37. The van der Waals surface area contributed by atoms with Gasteiger partial charge in [0.15, 0.2) is 11.6 Å². The highest BCUT2D eigenvalue weighted by Gasteiger charge is 2.07. The normalized spacial score (nSPS) is 9.84. The Bertz CT molecular complexity index is 466. The van der Waals surface area contributed by atoms with Crippen LogP contribution in [-0.4, -0.2) is 25.0 Å². The molecule has 0 saturated carbocycles. The Balaban J connectivity index is 2.38. The molecule has 0 atom stereocenters. The van der Waals surface area contributed by atoms with Gasteiger partial charge in [0.1, 0.15) is 0 Å². The van der Waals surface area contributed by atoms with Gasteiger partial charge >= 0.3 is 6.03 Å². The van der Waals surface area contributed by atoms with E-state index in [4.69, 9.17) is 0 Å². The number of amides is 3. The predicted molar refractivity (Wildman–Crippen MR) is 66.7 cm³/mol. The summed E-state index contributed by atoms with van der Waals surface area (Å²) in [5.41, 5.74) is 0.102. The second kappa shape index (κ2) is 7.30. The molecular formula is C12H15F2N3O2. The Kier molecular flexibility index (Phi) is 5.72. The Labute approximate surface area is 109 Å². The van der Waals surface area contributed by atoms with E-state index in [0.29, 0.717) is 6.54 Å². The molecule has 0 aliphatic heterocycles. The van der Waals surface area contributed by atoms with Gasteiger partial charge in [0.05, 0.1) is 6.54 Å². The number of hydrogen-bond acceptors (Lipinski definition) is 2. The number of carbonyl (C=O) groups excluding carboxylic acids is 2. The van der Waals surface area contributed by atoms with Crippen molar-refractivity contribution in [1.29, 1.82) is 0 Å². The Hall–Kier alpha value is -2.18. The first-order valence-corrected chi connectivity index (χ1v) is 5.79. The fraction of sp³-hybridized carbons (Fsp3) is 0.333. The molecule has 0 bridgehead atoms. The summed E-state index contributed by atoms with van der Waals surface area (Å²) in [5, 5.41) is 7.16. The molecule has 0 aliphatic carbocycles. The maximum absolute atomic E-state index is 12.9. The van der Waals surface area contributed by atoms with E-state index in [9.17, 15) is 18.4 Å². The zero-order chi connectivity index (χ0) is 14.3. The lowest BCUT2D eigenvalue weighted by Gasteiger charge is -2.08. The Morgan fingerprint density at radius 1 is 1.16 bits per heavy atom. The van der Waals surface area contributed by atoms with Crippen molar-refractivity contribution in [1.82, 2.24) is 10.6 Å². The van der Waals surface area contributed by atoms with E-state index in [1.54, 1.807) is 0 Å². The monoisotopic (exact) mass is 271 g/mol. The molecule has 0 saturated heterocycles. The molecule has 1 aromatic carbocycles. The van der Waals surface area contributed by atoms with Crippen LogP contribution in [0.25, 0.3) is 0 Å². The topological polar surface area (TPSA) is 70.2 Å². The lowest BCUT2D eigenvalue weighted by Crippen LogP contribution is -2.39. The Morgan fingerprint density at radius 2 is 1.89 bits per heavy atom. The van der Waals surface area contributed by atoms with Gasteiger partial charge in [-0.25, -0.2) is 13.6 Å². The lowest BCUT2D eigenvalue weighted by atomic mass is 10.3. The largest absolute Gasteiger partial charge is 0.355 e. The molecular weight excluding hydrogens is 256 g/mol. The number of carbonyl (C=O) groups is 2. The highest BCUT2D eigenvalue weighted by molar-refractivity contribution is 5.92. The SMILES string of the molecule is CCCNC(=O)CNC(=O)Nc1ccc(F)c(F)c1. The quantitative estimate of drug-likeness (QED) is 0.761. The van der Waals surface area contributed by atoms with E-state index in [1.165, 1.54) is 6.07 Å². The maximum Gasteiger partial charge on any atom is 0.319 e. The van der Waals surface area contributed by atoms with Crippen LogP contribution in [0.1, 0.15) is 13.3 Å². The fourth-order valence-corrected chi connectivity index (χ4v) is 1.24. The van der Waals surface area contributed by atoms with Crippen LogP contribution in [0, 0.1) is 11.6 Å². The first-order valence-electron chi connectivity index (χ1n) is 5.79. The van der Waals surface area contributed by atoms with Crippen LogP contribution in [0.2, 0.25) is 0 Å². The Morgan fingerprint density at radius 3 is 2.53 bits per heavy atom. The second-order valence-corrected chi connectivity index (χ2v) is 3.79. The number of urea groups is 1. The molecule has 1 aromatic rings. The standard InChI is InChI=1S/C12H15F2N3O2/c1-2-5-15-11(18)7-16-12(19)17-8-3-4-9(13)10(14)6-8/h3-4,6H,2,5,7H2,1H3,(H,15,18)(H2,16,17,19). The van der Waals surface area contributed by atoms with Crippen LogP contribution >= 0.6 is 0 Å². The smallest absolute Gasteiger partial charge is 0.319 e. The summed E-state index contributed by atoms with van der Waals surface area (Å²) < 4.78 is 25.5. The van der Waals surface area contributed by atoms with Gasteiger partial charge in [0.25, 0.3) is 0 Å². The number of benzene rings is 1. The molecule has 104 valence electrons. The molecule has 0 heterocycles. The van der Waals surface area contributed by atoms with Crippen molar-refractivity contribution >= 4 is 17.6 Å². The molecule has 5 nitrogen and oxygen atoms in total. The fourth-order valence-electron chi connectivity index (χ4n) is 1.24. The third-order valence-corrected chi connectivity index (χ3v) is 2.16. The number of rotatable bonds is 5. The third kappa shape index (κ3) is 5.33. The highest BCUT2D eigenvalue weighted by Crippen LogP contribution is 2.12. The average Bonchev–Trinajstić information content (AvgIpc) is 2.38. The van der Waals surface area contributed by atoms with Gasteiger partial charge in [-0.3, -0.25) is 4.79 Å². The van der Waals surface area contributed by atoms with Gasteiger partial charge in [0, 0.05) is 18.3 Å². The minimum Gasteiger partial charge on any atom is -0.355 e. The van der Waals surface area contributed by atoms with Crippen LogP contribution < -0.4 is 16.0 Å². The minimum absolute atomic E-state index is 0.102. The molecule has 3 N–H and O–H groups in total. The molecule has 0 fully saturated rings. The molecule has 1 rings (SSSR count).